The quantitative estimate of drug-likeness (QED) is 0.551. The summed E-state index contributed by atoms with van der Waals surface area (Å²) in [6, 6.07) is 3.75. The van der Waals surface area contributed by atoms with Gasteiger partial charge in [-0.25, -0.2) is 4.98 Å². The number of hydrogen-bond acceptors (Lipinski definition) is 2. The number of alkyl halides is 1. The maximum atomic E-state index is 11.1. The van der Waals surface area contributed by atoms with Crippen LogP contribution in [0.1, 0.15) is 35.6 Å². The molecule has 0 aliphatic rings. The summed E-state index contributed by atoms with van der Waals surface area (Å²) < 4.78 is 0. The molecule has 0 amide bonds. The fraction of sp³-hybridized carbons (Fsp3) is 0.400. The van der Waals surface area contributed by atoms with Crippen LogP contribution in [0.2, 0.25) is 0 Å². The summed E-state index contributed by atoms with van der Waals surface area (Å²) in [6.07, 6.45) is 0.896. The molecule has 1 heterocycles. The molecule has 0 bridgehead atoms. The molecule has 0 saturated carbocycles. The topological polar surface area (TPSA) is 30.0 Å². The number of halogens is 1. The van der Waals surface area contributed by atoms with E-state index in [0.29, 0.717) is 11.6 Å². The summed E-state index contributed by atoms with van der Waals surface area (Å²) in [5.74, 6) is 0.343. The third-order valence-corrected chi connectivity index (χ3v) is 2.12. The number of aromatic nitrogens is 1. The SMILES string of the molecule is CCc1cc(CCl)nc(C(C)=O)c1. The Labute approximate surface area is 82.9 Å². The molecule has 1 aromatic heterocycles. The zero-order chi connectivity index (χ0) is 9.84. The Morgan fingerprint density at radius 3 is 2.69 bits per heavy atom. The van der Waals surface area contributed by atoms with Crippen LogP contribution in [-0.2, 0) is 12.3 Å². The summed E-state index contributed by atoms with van der Waals surface area (Å²) in [7, 11) is 0. The van der Waals surface area contributed by atoms with E-state index in [1.54, 1.807) is 0 Å². The van der Waals surface area contributed by atoms with Gasteiger partial charge in [-0.15, -0.1) is 11.6 Å². The Balaban J connectivity index is 3.14. The van der Waals surface area contributed by atoms with Crippen LogP contribution in [0, 0.1) is 0 Å². The lowest BCUT2D eigenvalue weighted by Crippen LogP contribution is -2.01. The molecule has 0 aromatic carbocycles. The first kappa shape index (κ1) is 10.2. The van der Waals surface area contributed by atoms with Crippen molar-refractivity contribution in [1.82, 2.24) is 4.98 Å². The fourth-order valence-electron chi connectivity index (χ4n) is 1.10. The Kier molecular flexibility index (Phi) is 3.43. The number of carbonyl (C=O) groups excluding carboxylic acids is 1. The molecule has 0 radical (unpaired) electrons. The van der Waals surface area contributed by atoms with E-state index in [1.807, 2.05) is 19.1 Å². The summed E-state index contributed by atoms with van der Waals surface area (Å²) >= 11 is 5.66. The van der Waals surface area contributed by atoms with Crippen molar-refractivity contribution in [2.24, 2.45) is 0 Å². The van der Waals surface area contributed by atoms with Crippen molar-refractivity contribution in [3.8, 4) is 0 Å². The first-order chi connectivity index (χ1) is 6.17. The molecule has 1 aromatic rings. The average molecular weight is 198 g/mol. The molecule has 0 saturated heterocycles. The minimum absolute atomic E-state index is 0.0123. The summed E-state index contributed by atoms with van der Waals surface area (Å²) in [5, 5.41) is 0. The Morgan fingerprint density at radius 1 is 1.54 bits per heavy atom. The van der Waals surface area contributed by atoms with E-state index >= 15 is 0 Å². The van der Waals surface area contributed by atoms with Crippen LogP contribution < -0.4 is 0 Å². The highest BCUT2D eigenvalue weighted by atomic mass is 35.5. The predicted octanol–water partition coefficient (Wildman–Crippen LogP) is 2.59. The van der Waals surface area contributed by atoms with Gasteiger partial charge in [0.15, 0.2) is 5.78 Å². The minimum atomic E-state index is -0.0123. The second-order valence-electron chi connectivity index (χ2n) is 2.90. The van der Waals surface area contributed by atoms with Crippen molar-refractivity contribution in [1.29, 1.82) is 0 Å². The highest BCUT2D eigenvalue weighted by Gasteiger charge is 2.04. The van der Waals surface area contributed by atoms with E-state index < -0.39 is 0 Å². The van der Waals surface area contributed by atoms with Crippen molar-refractivity contribution in [2.45, 2.75) is 26.1 Å². The Morgan fingerprint density at radius 2 is 2.23 bits per heavy atom. The van der Waals surface area contributed by atoms with Gasteiger partial charge < -0.3 is 0 Å². The molecule has 70 valence electrons. The predicted molar refractivity (Wildman–Crippen MR) is 53.2 cm³/mol. The van der Waals surface area contributed by atoms with E-state index in [-0.39, 0.29) is 5.78 Å². The Hall–Kier alpha value is -0.890. The smallest absolute Gasteiger partial charge is 0.178 e. The summed E-state index contributed by atoms with van der Waals surface area (Å²) in [5.41, 5.74) is 2.39. The molecule has 0 aliphatic heterocycles. The van der Waals surface area contributed by atoms with Gasteiger partial charge in [0.25, 0.3) is 0 Å². The number of hydrogen-bond donors (Lipinski definition) is 0. The van der Waals surface area contributed by atoms with Gasteiger partial charge in [0.2, 0.25) is 0 Å². The van der Waals surface area contributed by atoms with Crippen molar-refractivity contribution >= 4 is 17.4 Å². The Bertz CT molecular complexity index is 300. The number of carbonyl (C=O) groups is 1. The van der Waals surface area contributed by atoms with Gasteiger partial charge in [-0.3, -0.25) is 4.79 Å². The summed E-state index contributed by atoms with van der Waals surface area (Å²) in [6.45, 7) is 3.55. The highest BCUT2D eigenvalue weighted by molar-refractivity contribution is 6.16. The third kappa shape index (κ3) is 2.52. The van der Waals surface area contributed by atoms with Crippen molar-refractivity contribution in [3.05, 3.63) is 29.1 Å². The monoisotopic (exact) mass is 197 g/mol. The number of rotatable bonds is 3. The maximum Gasteiger partial charge on any atom is 0.178 e. The fourth-order valence-corrected chi connectivity index (χ4v) is 1.24. The van der Waals surface area contributed by atoms with E-state index in [9.17, 15) is 4.79 Å². The molecular formula is C10H12ClNO. The van der Waals surface area contributed by atoms with Gasteiger partial charge in [-0.1, -0.05) is 6.92 Å². The van der Waals surface area contributed by atoms with Crippen LogP contribution in [0.4, 0.5) is 0 Å². The molecule has 0 fully saturated rings. The van der Waals surface area contributed by atoms with Crippen molar-refractivity contribution in [2.75, 3.05) is 0 Å². The van der Waals surface area contributed by atoms with Crippen molar-refractivity contribution in [3.63, 3.8) is 0 Å². The minimum Gasteiger partial charge on any atom is -0.293 e. The van der Waals surface area contributed by atoms with E-state index in [0.717, 1.165) is 17.7 Å². The molecular weight excluding hydrogens is 186 g/mol. The molecule has 0 aliphatic carbocycles. The maximum absolute atomic E-state index is 11.1. The zero-order valence-electron chi connectivity index (χ0n) is 7.80. The number of ketones is 1. The first-order valence-corrected chi connectivity index (χ1v) is 4.77. The lowest BCUT2D eigenvalue weighted by Gasteiger charge is -2.02. The van der Waals surface area contributed by atoms with Crippen LogP contribution in [-0.4, -0.2) is 10.8 Å². The van der Waals surface area contributed by atoms with E-state index in [2.05, 4.69) is 4.98 Å². The summed E-state index contributed by atoms with van der Waals surface area (Å²) in [4.78, 5) is 15.2. The zero-order valence-corrected chi connectivity index (χ0v) is 8.56. The standard InChI is InChI=1S/C10H12ClNO/c1-3-8-4-9(6-11)12-10(5-8)7(2)13/h4-5H,3,6H2,1-2H3. The second-order valence-corrected chi connectivity index (χ2v) is 3.16. The lowest BCUT2D eigenvalue weighted by molar-refractivity contribution is 0.101. The van der Waals surface area contributed by atoms with Gasteiger partial charge >= 0.3 is 0 Å². The lowest BCUT2D eigenvalue weighted by atomic mass is 10.1. The van der Waals surface area contributed by atoms with Gasteiger partial charge in [0.1, 0.15) is 5.69 Å². The largest absolute Gasteiger partial charge is 0.293 e. The van der Waals surface area contributed by atoms with E-state index in [4.69, 9.17) is 11.6 Å². The van der Waals surface area contributed by atoms with Gasteiger partial charge in [0, 0.05) is 6.92 Å². The van der Waals surface area contributed by atoms with Crippen LogP contribution in [0.3, 0.4) is 0 Å². The van der Waals surface area contributed by atoms with Gasteiger partial charge in [-0.2, -0.15) is 0 Å². The third-order valence-electron chi connectivity index (χ3n) is 1.84. The van der Waals surface area contributed by atoms with Crippen molar-refractivity contribution < 1.29 is 4.79 Å². The number of Topliss-reactive ketones (excluding diaryl/α,β-unsaturated/α-hetero) is 1. The molecule has 1 rings (SSSR count). The molecule has 2 nitrogen and oxygen atoms in total. The van der Waals surface area contributed by atoms with E-state index in [1.165, 1.54) is 6.92 Å². The molecule has 0 spiro atoms. The van der Waals surface area contributed by atoms with Crippen LogP contribution >= 0.6 is 11.6 Å². The molecule has 0 N–H and O–H groups in total. The van der Waals surface area contributed by atoms with Gasteiger partial charge in [0.05, 0.1) is 11.6 Å². The van der Waals surface area contributed by atoms with Crippen LogP contribution in [0.25, 0.3) is 0 Å². The van der Waals surface area contributed by atoms with Gasteiger partial charge in [-0.05, 0) is 24.1 Å². The number of nitrogens with zero attached hydrogens (tertiary/aromatic N) is 1. The molecule has 0 unspecified atom stereocenters. The molecule has 0 atom stereocenters. The number of aryl methyl sites for hydroxylation is 1. The van der Waals surface area contributed by atoms with Crippen LogP contribution in [0.15, 0.2) is 12.1 Å². The highest BCUT2D eigenvalue weighted by Crippen LogP contribution is 2.09. The second kappa shape index (κ2) is 4.38. The molecule has 13 heavy (non-hydrogen) atoms. The molecule has 3 heteroatoms. The number of pyridine rings is 1. The first-order valence-electron chi connectivity index (χ1n) is 4.24. The average Bonchev–Trinajstić information content (AvgIpc) is 2.16. The normalized spacial score (nSPS) is 10.1. The van der Waals surface area contributed by atoms with Crippen LogP contribution in [0.5, 0.6) is 0 Å².